The second-order valence-corrected chi connectivity index (χ2v) is 24.0. The Balaban J connectivity index is 1.42. The quantitative estimate of drug-likeness (QED) is 0.205. The van der Waals surface area contributed by atoms with Crippen molar-refractivity contribution in [3.63, 3.8) is 0 Å². The van der Waals surface area contributed by atoms with E-state index < -0.39 is 0 Å². The van der Waals surface area contributed by atoms with Gasteiger partial charge in [0, 0.05) is 0 Å². The van der Waals surface area contributed by atoms with Gasteiger partial charge in [-0.3, -0.25) is 0 Å². The Kier molecular flexibility index (Phi) is 14.0. The molecule has 0 fully saturated rings. The van der Waals surface area contributed by atoms with Gasteiger partial charge in [0.1, 0.15) is 0 Å². The standard InChI is InChI=1S/C18H18S16/c1-19-7-8(20-2)26-13(25-7)15-29-11(23-5)17(31-15)33-34-18-12(24-6)30-16(32-18)14-27-9(21-3)10(22-4)28-14/h1-6H3. The molecule has 0 aromatic heterocycles. The van der Waals surface area contributed by atoms with Crippen molar-refractivity contribution in [3.8, 4) is 0 Å². The Labute approximate surface area is 270 Å². The van der Waals surface area contributed by atoms with Gasteiger partial charge in [-0.15, -0.1) is 70.6 Å². The van der Waals surface area contributed by atoms with E-state index in [9.17, 15) is 0 Å². The van der Waals surface area contributed by atoms with Gasteiger partial charge < -0.3 is 0 Å². The molecule has 0 spiro atoms. The molecule has 0 saturated carbocycles. The average Bonchev–Trinajstić information content (AvgIpc) is 3.64. The van der Waals surface area contributed by atoms with Crippen LogP contribution in [-0.2, 0) is 0 Å². The lowest BCUT2D eigenvalue weighted by molar-refractivity contribution is 2.30. The van der Waals surface area contributed by atoms with Gasteiger partial charge in [0.2, 0.25) is 0 Å². The van der Waals surface area contributed by atoms with Crippen molar-refractivity contribution in [2.45, 2.75) is 0 Å². The second kappa shape index (κ2) is 15.3. The third-order valence-corrected chi connectivity index (χ3v) is 26.7. The first-order valence-corrected chi connectivity index (χ1v) is 25.0. The summed E-state index contributed by atoms with van der Waals surface area (Å²) in [5, 5.41) is 0. The molecule has 0 atom stereocenters. The molecule has 16 heteroatoms. The first-order chi connectivity index (χ1) is 16.5. The van der Waals surface area contributed by atoms with Gasteiger partial charge in [0.15, 0.2) is 0 Å². The van der Waals surface area contributed by atoms with Crippen LogP contribution in [0.1, 0.15) is 0 Å². The van der Waals surface area contributed by atoms with E-state index >= 15 is 0 Å². The molecule has 0 aromatic carbocycles. The van der Waals surface area contributed by atoms with Crippen molar-refractivity contribution in [1.82, 2.24) is 0 Å². The van der Waals surface area contributed by atoms with Crippen molar-refractivity contribution in [3.05, 3.63) is 50.8 Å². The van der Waals surface area contributed by atoms with Crippen LogP contribution in [0.15, 0.2) is 50.8 Å². The van der Waals surface area contributed by atoms with E-state index in [0.717, 1.165) is 0 Å². The molecule has 0 bridgehead atoms. The number of hydrogen-bond donors (Lipinski definition) is 0. The maximum Gasteiger partial charge on any atom is 0.0772 e. The van der Waals surface area contributed by atoms with Crippen LogP contribution in [0.25, 0.3) is 0 Å². The van der Waals surface area contributed by atoms with Crippen LogP contribution >= 0.6 is 186 Å². The Morgan fingerprint density at radius 3 is 0.676 bits per heavy atom. The molecule has 0 aliphatic carbocycles. The molecule has 0 aromatic rings. The molecule has 0 radical (unpaired) electrons. The molecule has 4 aliphatic rings. The molecule has 0 saturated heterocycles. The molecule has 4 heterocycles. The molecule has 34 heavy (non-hydrogen) atoms. The third kappa shape index (κ3) is 7.46. The highest BCUT2D eigenvalue weighted by Gasteiger charge is 2.33. The molecular formula is C18H18S16. The van der Waals surface area contributed by atoms with Crippen LogP contribution in [0.5, 0.6) is 0 Å². The molecule has 4 aliphatic heterocycles. The van der Waals surface area contributed by atoms with Crippen LogP contribution < -0.4 is 0 Å². The highest BCUT2D eigenvalue weighted by molar-refractivity contribution is 8.84. The SMILES string of the molecule is CSC1=C(SC)SC(=C2SC(SC)=C(SSC3=C(SC)SC(=C4SC(SC)=C(SC)S4)S3)S2)S1. The smallest absolute Gasteiger partial charge is 0.0772 e. The van der Waals surface area contributed by atoms with E-state index in [2.05, 4.69) is 37.5 Å². The topological polar surface area (TPSA) is 0 Å². The van der Waals surface area contributed by atoms with Gasteiger partial charge in [-0.2, -0.15) is 0 Å². The summed E-state index contributed by atoms with van der Waals surface area (Å²) in [5.74, 6) is 0. The summed E-state index contributed by atoms with van der Waals surface area (Å²) >= 11 is 26.9. The lowest BCUT2D eigenvalue weighted by Crippen LogP contribution is -1.68. The van der Waals surface area contributed by atoms with Crippen LogP contribution in [0.2, 0.25) is 0 Å². The summed E-state index contributed by atoms with van der Waals surface area (Å²) in [7, 11) is 3.89. The fourth-order valence-electron chi connectivity index (χ4n) is 2.35. The highest BCUT2D eigenvalue weighted by atomic mass is 33.1. The Bertz CT molecular complexity index is 911. The van der Waals surface area contributed by atoms with Crippen molar-refractivity contribution >= 4 is 186 Å². The summed E-state index contributed by atoms with van der Waals surface area (Å²) in [6.45, 7) is 0. The van der Waals surface area contributed by atoms with Gasteiger partial charge in [0.25, 0.3) is 0 Å². The number of thioether (sulfide) groups is 14. The number of rotatable bonds is 9. The van der Waals surface area contributed by atoms with E-state index in [1.165, 1.54) is 50.8 Å². The van der Waals surface area contributed by atoms with E-state index in [4.69, 9.17) is 0 Å². The fraction of sp³-hybridized carbons (Fsp3) is 0.333. The second-order valence-electron chi connectivity index (χ2n) is 5.66. The zero-order valence-electron chi connectivity index (χ0n) is 18.5. The van der Waals surface area contributed by atoms with Crippen LogP contribution in [-0.4, -0.2) is 37.5 Å². The molecule has 0 N–H and O–H groups in total. The lowest BCUT2D eigenvalue weighted by Gasteiger charge is -2.04. The molecule has 0 nitrogen and oxygen atoms in total. The fourth-order valence-corrected chi connectivity index (χ4v) is 24.8. The van der Waals surface area contributed by atoms with Crippen LogP contribution in [0, 0.1) is 0 Å². The van der Waals surface area contributed by atoms with Crippen molar-refractivity contribution < 1.29 is 0 Å². The van der Waals surface area contributed by atoms with Gasteiger partial charge >= 0.3 is 0 Å². The first kappa shape index (κ1) is 31.0. The van der Waals surface area contributed by atoms with E-state index in [-0.39, 0.29) is 0 Å². The third-order valence-electron chi connectivity index (χ3n) is 3.79. The average molecular weight is 747 g/mol. The molecular weight excluding hydrogens is 729 g/mol. The summed E-state index contributed by atoms with van der Waals surface area (Å²) < 4.78 is 17.4. The normalized spacial score (nSPS) is 21.7. The van der Waals surface area contributed by atoms with Crippen molar-refractivity contribution in [2.75, 3.05) is 37.5 Å². The van der Waals surface area contributed by atoms with E-state index in [0.29, 0.717) is 0 Å². The Morgan fingerprint density at radius 2 is 0.471 bits per heavy atom. The zero-order chi connectivity index (χ0) is 24.2. The van der Waals surface area contributed by atoms with Crippen LogP contribution in [0.4, 0.5) is 0 Å². The molecule has 4 rings (SSSR count). The minimum absolute atomic E-state index is 1.44. The monoisotopic (exact) mass is 746 g/mol. The van der Waals surface area contributed by atoms with Gasteiger partial charge in [-0.25, -0.2) is 0 Å². The Morgan fingerprint density at radius 1 is 0.294 bits per heavy atom. The summed E-state index contributed by atoms with van der Waals surface area (Å²) in [6.07, 6.45) is 13.2. The van der Waals surface area contributed by atoms with Crippen LogP contribution in [0.3, 0.4) is 0 Å². The van der Waals surface area contributed by atoms with Crippen molar-refractivity contribution in [1.29, 1.82) is 0 Å². The van der Waals surface area contributed by atoms with E-state index in [1.54, 1.807) is 0 Å². The maximum absolute atomic E-state index is 2.21. The van der Waals surface area contributed by atoms with Gasteiger partial charge in [-0.05, 0) is 59.1 Å². The maximum atomic E-state index is 2.21. The number of hydrogen-bond acceptors (Lipinski definition) is 16. The molecule has 186 valence electrons. The minimum atomic E-state index is 1.44. The minimum Gasteiger partial charge on any atom is -0.121 e. The zero-order valence-corrected chi connectivity index (χ0v) is 31.6. The summed E-state index contributed by atoms with van der Waals surface area (Å²) in [4.78, 5) is 0. The predicted molar refractivity (Wildman–Crippen MR) is 199 cm³/mol. The first-order valence-electron chi connectivity index (χ1n) is 9.02. The largest absolute Gasteiger partial charge is 0.121 e. The predicted octanol–water partition coefficient (Wildman–Crippen LogP) is 13.2. The molecule has 0 amide bonds. The van der Waals surface area contributed by atoms with Crippen molar-refractivity contribution in [2.24, 2.45) is 0 Å². The van der Waals surface area contributed by atoms with E-state index in [1.807, 2.05) is 186 Å². The summed E-state index contributed by atoms with van der Waals surface area (Å²) in [5.41, 5.74) is 0. The highest BCUT2D eigenvalue weighted by Crippen LogP contribution is 2.70. The van der Waals surface area contributed by atoms with Gasteiger partial charge in [0.05, 0.1) is 50.8 Å². The van der Waals surface area contributed by atoms with Gasteiger partial charge in [-0.1, -0.05) is 94.1 Å². The Hall–Kier alpha value is 4.04. The lowest BCUT2D eigenvalue weighted by atomic mass is 11.2. The summed E-state index contributed by atoms with van der Waals surface area (Å²) in [6, 6.07) is 0. The molecule has 0 unspecified atom stereocenters.